The molecular weight excluding hydrogens is 208 g/mol. The lowest BCUT2D eigenvalue weighted by atomic mass is 9.79. The quantitative estimate of drug-likeness (QED) is 0.815. The number of hydrogen-bond acceptors (Lipinski definition) is 1. The number of halogens is 2. The van der Waals surface area contributed by atoms with Gasteiger partial charge in [0.25, 0.3) is 0 Å². The Kier molecular flexibility index (Phi) is 3.54. The summed E-state index contributed by atoms with van der Waals surface area (Å²) >= 11 is 0. The monoisotopic (exact) mass is 225 g/mol. The molecule has 2 unspecified atom stereocenters. The Morgan fingerprint density at radius 2 is 2.19 bits per heavy atom. The maximum Gasteiger partial charge on any atom is 0.162 e. The van der Waals surface area contributed by atoms with Gasteiger partial charge in [0.05, 0.1) is 0 Å². The molecule has 0 aliphatic carbocycles. The van der Waals surface area contributed by atoms with Crippen LogP contribution in [0.5, 0.6) is 0 Å². The van der Waals surface area contributed by atoms with Gasteiger partial charge in [-0.25, -0.2) is 8.78 Å². The van der Waals surface area contributed by atoms with Crippen molar-refractivity contribution in [2.45, 2.75) is 25.7 Å². The Morgan fingerprint density at radius 1 is 1.38 bits per heavy atom. The molecule has 0 radical (unpaired) electrons. The Morgan fingerprint density at radius 3 is 2.94 bits per heavy atom. The van der Waals surface area contributed by atoms with Crippen LogP contribution in [0, 0.1) is 17.6 Å². The second-order valence-electron chi connectivity index (χ2n) is 4.41. The van der Waals surface area contributed by atoms with E-state index >= 15 is 0 Å². The van der Waals surface area contributed by atoms with E-state index in [1.54, 1.807) is 12.1 Å². The van der Waals surface area contributed by atoms with Crippen LogP contribution in [0.3, 0.4) is 0 Å². The van der Waals surface area contributed by atoms with Crippen LogP contribution in [0.1, 0.15) is 31.2 Å². The average Bonchev–Trinajstić information content (AvgIpc) is 2.33. The number of benzene rings is 1. The Bertz CT molecular complexity index is 365. The molecule has 16 heavy (non-hydrogen) atoms. The van der Waals surface area contributed by atoms with E-state index in [1.165, 1.54) is 6.07 Å². The third-order valence-electron chi connectivity index (χ3n) is 3.51. The van der Waals surface area contributed by atoms with E-state index in [1.807, 2.05) is 0 Å². The van der Waals surface area contributed by atoms with Crippen molar-refractivity contribution in [1.29, 1.82) is 0 Å². The van der Waals surface area contributed by atoms with Crippen LogP contribution in [-0.4, -0.2) is 13.1 Å². The standard InChI is InChI=1S/C13H17F2N/c1-2-9-8-16-7-6-10(9)11-4-3-5-12(14)13(11)15/h3-5,9-10,16H,2,6-8H2,1H3. The van der Waals surface area contributed by atoms with Crippen LogP contribution in [0.4, 0.5) is 8.78 Å². The largest absolute Gasteiger partial charge is 0.316 e. The molecule has 1 heterocycles. The molecule has 1 nitrogen and oxygen atoms in total. The fourth-order valence-electron chi connectivity index (χ4n) is 2.57. The normalized spacial score (nSPS) is 25.7. The van der Waals surface area contributed by atoms with Crippen LogP contribution in [-0.2, 0) is 0 Å². The highest BCUT2D eigenvalue weighted by atomic mass is 19.2. The zero-order valence-electron chi connectivity index (χ0n) is 9.47. The molecule has 1 saturated heterocycles. The van der Waals surface area contributed by atoms with E-state index in [9.17, 15) is 8.78 Å². The van der Waals surface area contributed by atoms with Gasteiger partial charge in [-0.3, -0.25) is 0 Å². The van der Waals surface area contributed by atoms with Crippen LogP contribution in [0.25, 0.3) is 0 Å². The lowest BCUT2D eigenvalue weighted by Crippen LogP contribution is -2.35. The Balaban J connectivity index is 2.30. The SMILES string of the molecule is CCC1CNCCC1c1cccc(F)c1F. The van der Waals surface area contributed by atoms with Crippen LogP contribution < -0.4 is 5.32 Å². The summed E-state index contributed by atoms with van der Waals surface area (Å²) in [5, 5.41) is 3.30. The van der Waals surface area contributed by atoms with Gasteiger partial charge in [-0.15, -0.1) is 0 Å². The van der Waals surface area contributed by atoms with Crippen LogP contribution in [0.15, 0.2) is 18.2 Å². The summed E-state index contributed by atoms with van der Waals surface area (Å²) in [7, 11) is 0. The Labute approximate surface area is 94.9 Å². The fourth-order valence-corrected chi connectivity index (χ4v) is 2.57. The number of piperidine rings is 1. The molecule has 3 heteroatoms. The first-order chi connectivity index (χ1) is 7.74. The molecule has 1 aromatic rings. The Hall–Kier alpha value is -0.960. The van der Waals surface area contributed by atoms with Crippen molar-refractivity contribution >= 4 is 0 Å². The molecule has 1 aromatic carbocycles. The summed E-state index contributed by atoms with van der Waals surface area (Å²) < 4.78 is 26.9. The molecule has 1 N–H and O–H groups in total. The summed E-state index contributed by atoms with van der Waals surface area (Å²) in [5.74, 6) is -0.828. The van der Waals surface area contributed by atoms with E-state index in [-0.39, 0.29) is 5.92 Å². The maximum atomic E-state index is 13.7. The molecule has 0 saturated carbocycles. The summed E-state index contributed by atoms with van der Waals surface area (Å²) in [4.78, 5) is 0. The summed E-state index contributed by atoms with van der Waals surface area (Å²) in [6.07, 6.45) is 1.88. The van der Waals surface area contributed by atoms with Gasteiger partial charge in [-0.2, -0.15) is 0 Å². The zero-order valence-corrected chi connectivity index (χ0v) is 9.47. The van der Waals surface area contributed by atoms with Gasteiger partial charge < -0.3 is 5.32 Å². The molecule has 1 aliphatic heterocycles. The molecule has 0 aromatic heterocycles. The molecule has 1 fully saturated rings. The lowest BCUT2D eigenvalue weighted by molar-refractivity contribution is 0.308. The molecule has 2 atom stereocenters. The molecule has 1 aliphatic rings. The maximum absolute atomic E-state index is 13.7. The molecule has 2 rings (SSSR count). The minimum absolute atomic E-state index is 0.155. The van der Waals surface area contributed by atoms with Gasteiger partial charge in [0, 0.05) is 0 Å². The van der Waals surface area contributed by atoms with Crippen molar-refractivity contribution in [3.63, 3.8) is 0 Å². The van der Waals surface area contributed by atoms with Gasteiger partial charge in [0.15, 0.2) is 11.6 Å². The first-order valence-corrected chi connectivity index (χ1v) is 5.88. The first-order valence-electron chi connectivity index (χ1n) is 5.88. The summed E-state index contributed by atoms with van der Waals surface area (Å²) in [6.45, 7) is 3.89. The van der Waals surface area contributed by atoms with Crippen molar-refractivity contribution in [2.75, 3.05) is 13.1 Å². The van der Waals surface area contributed by atoms with E-state index in [2.05, 4.69) is 12.2 Å². The highest BCUT2D eigenvalue weighted by Crippen LogP contribution is 2.34. The van der Waals surface area contributed by atoms with Crippen molar-refractivity contribution < 1.29 is 8.78 Å². The second-order valence-corrected chi connectivity index (χ2v) is 4.41. The number of rotatable bonds is 2. The highest BCUT2D eigenvalue weighted by Gasteiger charge is 2.27. The van der Waals surface area contributed by atoms with Gasteiger partial charge in [0.2, 0.25) is 0 Å². The van der Waals surface area contributed by atoms with E-state index < -0.39 is 11.6 Å². The van der Waals surface area contributed by atoms with E-state index in [0.717, 1.165) is 25.9 Å². The predicted molar refractivity (Wildman–Crippen MR) is 60.4 cm³/mol. The number of nitrogens with one attached hydrogen (secondary N) is 1. The lowest BCUT2D eigenvalue weighted by Gasteiger charge is -2.32. The first kappa shape index (κ1) is 11.5. The van der Waals surface area contributed by atoms with E-state index in [0.29, 0.717) is 11.5 Å². The van der Waals surface area contributed by atoms with Crippen LogP contribution >= 0.6 is 0 Å². The predicted octanol–water partition coefficient (Wildman–Crippen LogP) is 3.07. The highest BCUT2D eigenvalue weighted by molar-refractivity contribution is 5.24. The molecular formula is C13H17F2N. The van der Waals surface area contributed by atoms with Crippen LogP contribution in [0.2, 0.25) is 0 Å². The number of hydrogen-bond donors (Lipinski definition) is 1. The van der Waals surface area contributed by atoms with Crippen molar-refractivity contribution in [2.24, 2.45) is 5.92 Å². The smallest absolute Gasteiger partial charge is 0.162 e. The minimum atomic E-state index is -0.731. The van der Waals surface area contributed by atoms with E-state index in [4.69, 9.17) is 0 Å². The molecule has 0 amide bonds. The van der Waals surface area contributed by atoms with Crippen molar-refractivity contribution in [3.05, 3.63) is 35.4 Å². The van der Waals surface area contributed by atoms with Crippen molar-refractivity contribution in [3.8, 4) is 0 Å². The van der Waals surface area contributed by atoms with Gasteiger partial charge in [-0.1, -0.05) is 25.5 Å². The summed E-state index contributed by atoms with van der Waals surface area (Å²) in [5.41, 5.74) is 0.549. The molecule has 0 spiro atoms. The zero-order chi connectivity index (χ0) is 11.5. The summed E-state index contributed by atoms with van der Waals surface area (Å²) in [6, 6.07) is 4.50. The third-order valence-corrected chi connectivity index (χ3v) is 3.51. The fraction of sp³-hybridized carbons (Fsp3) is 0.538. The third kappa shape index (κ3) is 2.09. The molecule has 0 bridgehead atoms. The minimum Gasteiger partial charge on any atom is -0.316 e. The topological polar surface area (TPSA) is 12.0 Å². The van der Waals surface area contributed by atoms with Gasteiger partial charge in [-0.05, 0) is 43.0 Å². The molecule has 88 valence electrons. The van der Waals surface area contributed by atoms with Gasteiger partial charge in [0.1, 0.15) is 0 Å². The average molecular weight is 225 g/mol. The second kappa shape index (κ2) is 4.91. The van der Waals surface area contributed by atoms with Gasteiger partial charge >= 0.3 is 0 Å². The van der Waals surface area contributed by atoms with Crippen molar-refractivity contribution in [1.82, 2.24) is 5.32 Å².